The Morgan fingerprint density at radius 3 is 2.44 bits per heavy atom. The Kier molecular flexibility index (Phi) is 8.22. The monoisotopic (exact) mass is 575 g/mol. The first-order chi connectivity index (χ1) is 18.7. The van der Waals surface area contributed by atoms with Crippen LogP contribution in [0.3, 0.4) is 0 Å². The Morgan fingerprint density at radius 1 is 1.08 bits per heavy atom. The van der Waals surface area contributed by atoms with E-state index in [-0.39, 0.29) is 42.9 Å². The normalized spacial score (nSPS) is 17.2. The smallest absolute Gasteiger partial charge is 0.316 e. The minimum atomic E-state index is -3.74. The third-order valence-corrected chi connectivity index (χ3v) is 9.34. The summed E-state index contributed by atoms with van der Waals surface area (Å²) in [4.78, 5) is 15.6. The molecule has 0 spiro atoms. The Balaban J connectivity index is 1.35. The topological polar surface area (TPSA) is 88.0 Å². The molecule has 2 heterocycles. The molecule has 2 fully saturated rings. The summed E-state index contributed by atoms with van der Waals surface area (Å²) in [6.07, 6.45) is 5.42. The Labute approximate surface area is 232 Å². The van der Waals surface area contributed by atoms with Gasteiger partial charge in [0.05, 0.1) is 18.0 Å². The standard InChI is InChI=1S/C27H31ClFN5O4S/c1-31(19-20-9-11-22(29)12-10-20)39(36,37)33-15-13-32(14-16-33)25-18-30-34(23-6-4-5-21(28)17-23)27(35)26(25)38-24-7-2-3-8-24/h4-6,9-12,17-18,24H,2-3,7-8,13-16,19H2,1H3. The number of hydrogen-bond acceptors (Lipinski definition) is 6. The van der Waals surface area contributed by atoms with Crippen LogP contribution in [0.4, 0.5) is 10.1 Å². The second kappa shape index (κ2) is 11.6. The van der Waals surface area contributed by atoms with Crippen molar-refractivity contribution in [2.75, 3.05) is 38.1 Å². The molecule has 0 bridgehead atoms. The number of nitrogens with zero attached hydrogens (tertiary/aromatic N) is 5. The molecule has 0 N–H and O–H groups in total. The van der Waals surface area contributed by atoms with Crippen molar-refractivity contribution in [3.8, 4) is 11.4 Å². The van der Waals surface area contributed by atoms with Crippen molar-refractivity contribution in [1.82, 2.24) is 18.4 Å². The predicted molar refractivity (Wildman–Crippen MR) is 148 cm³/mol. The molecule has 2 aliphatic rings. The van der Waals surface area contributed by atoms with E-state index in [9.17, 15) is 17.6 Å². The predicted octanol–water partition coefficient (Wildman–Crippen LogP) is 3.85. The van der Waals surface area contributed by atoms with E-state index in [0.717, 1.165) is 25.7 Å². The fourth-order valence-corrected chi connectivity index (χ4v) is 6.53. The van der Waals surface area contributed by atoms with Crippen molar-refractivity contribution >= 4 is 27.5 Å². The van der Waals surface area contributed by atoms with Crippen LogP contribution in [0.15, 0.2) is 59.5 Å². The van der Waals surface area contributed by atoms with Gasteiger partial charge < -0.3 is 9.64 Å². The Bertz CT molecular complexity index is 1470. The first-order valence-electron chi connectivity index (χ1n) is 13.0. The zero-order valence-corrected chi connectivity index (χ0v) is 23.2. The Morgan fingerprint density at radius 2 is 1.77 bits per heavy atom. The molecule has 0 unspecified atom stereocenters. The van der Waals surface area contributed by atoms with Gasteiger partial charge in [-0.2, -0.15) is 26.8 Å². The highest BCUT2D eigenvalue weighted by Gasteiger charge is 2.32. The van der Waals surface area contributed by atoms with Crippen molar-refractivity contribution in [1.29, 1.82) is 0 Å². The molecule has 1 aliphatic heterocycles. The molecule has 3 aromatic rings. The average Bonchev–Trinajstić information content (AvgIpc) is 3.44. The van der Waals surface area contributed by atoms with Gasteiger partial charge in [0.15, 0.2) is 0 Å². The summed E-state index contributed by atoms with van der Waals surface area (Å²) in [5.41, 5.74) is 1.41. The lowest BCUT2D eigenvalue weighted by atomic mass is 10.2. The van der Waals surface area contributed by atoms with E-state index in [1.807, 2.05) is 4.90 Å². The molecule has 208 valence electrons. The first-order valence-corrected chi connectivity index (χ1v) is 14.8. The maximum absolute atomic E-state index is 13.6. The van der Waals surface area contributed by atoms with E-state index < -0.39 is 10.2 Å². The van der Waals surface area contributed by atoms with Gasteiger partial charge in [-0.1, -0.05) is 29.8 Å². The number of aromatic nitrogens is 2. The zero-order chi connectivity index (χ0) is 27.6. The van der Waals surface area contributed by atoms with Crippen LogP contribution in [-0.2, 0) is 16.8 Å². The highest BCUT2D eigenvalue weighted by Crippen LogP contribution is 2.30. The summed E-state index contributed by atoms with van der Waals surface area (Å²) in [5.74, 6) is -0.145. The van der Waals surface area contributed by atoms with Gasteiger partial charge in [-0.25, -0.2) is 4.39 Å². The van der Waals surface area contributed by atoms with Crippen LogP contribution in [0.25, 0.3) is 5.69 Å². The van der Waals surface area contributed by atoms with Gasteiger partial charge in [-0.05, 0) is 61.6 Å². The molecular formula is C27H31ClFN5O4S. The second-order valence-corrected chi connectivity index (χ2v) is 12.3. The van der Waals surface area contributed by atoms with Gasteiger partial charge in [0.2, 0.25) is 5.75 Å². The van der Waals surface area contributed by atoms with Crippen molar-refractivity contribution < 1.29 is 17.5 Å². The number of ether oxygens (including phenoxy) is 1. The van der Waals surface area contributed by atoms with E-state index in [2.05, 4.69) is 5.10 Å². The third kappa shape index (κ3) is 6.11. The summed E-state index contributed by atoms with van der Waals surface area (Å²) in [6, 6.07) is 12.7. The highest BCUT2D eigenvalue weighted by atomic mass is 35.5. The molecule has 9 nitrogen and oxygen atoms in total. The second-order valence-electron chi connectivity index (χ2n) is 9.86. The lowest BCUT2D eigenvalue weighted by Crippen LogP contribution is -2.52. The SMILES string of the molecule is CN(Cc1ccc(F)cc1)S(=O)(=O)N1CCN(c2cnn(-c3cccc(Cl)c3)c(=O)c2OC2CCCC2)CC1. The van der Waals surface area contributed by atoms with Crippen LogP contribution in [0.5, 0.6) is 5.75 Å². The maximum Gasteiger partial charge on any atom is 0.316 e. The number of rotatable bonds is 8. The lowest BCUT2D eigenvalue weighted by molar-refractivity contribution is 0.205. The average molecular weight is 576 g/mol. The molecule has 1 saturated carbocycles. The van der Waals surface area contributed by atoms with Gasteiger partial charge in [-0.3, -0.25) is 4.79 Å². The molecule has 1 saturated heterocycles. The van der Waals surface area contributed by atoms with Crippen molar-refractivity contribution in [2.45, 2.75) is 38.3 Å². The quantitative estimate of drug-likeness (QED) is 0.405. The van der Waals surface area contributed by atoms with Gasteiger partial charge in [-0.15, -0.1) is 0 Å². The number of halogens is 2. The molecule has 1 aliphatic carbocycles. The maximum atomic E-state index is 13.6. The number of hydrogen-bond donors (Lipinski definition) is 0. The highest BCUT2D eigenvalue weighted by molar-refractivity contribution is 7.86. The summed E-state index contributed by atoms with van der Waals surface area (Å²) >= 11 is 6.15. The van der Waals surface area contributed by atoms with Crippen LogP contribution in [0, 0.1) is 5.82 Å². The molecule has 12 heteroatoms. The van der Waals surface area contributed by atoms with E-state index in [4.69, 9.17) is 16.3 Å². The zero-order valence-electron chi connectivity index (χ0n) is 21.7. The minimum Gasteiger partial charge on any atom is -0.483 e. The lowest BCUT2D eigenvalue weighted by Gasteiger charge is -2.37. The van der Waals surface area contributed by atoms with Crippen molar-refractivity contribution in [3.63, 3.8) is 0 Å². The van der Waals surface area contributed by atoms with E-state index in [0.29, 0.717) is 35.1 Å². The van der Waals surface area contributed by atoms with E-state index in [1.54, 1.807) is 42.6 Å². The molecule has 0 radical (unpaired) electrons. The van der Waals surface area contributed by atoms with Gasteiger partial charge in [0.1, 0.15) is 11.5 Å². The Hall–Kier alpha value is -2.99. The number of piperazine rings is 1. The van der Waals surface area contributed by atoms with Gasteiger partial charge in [0.25, 0.3) is 10.2 Å². The van der Waals surface area contributed by atoms with Crippen LogP contribution in [-0.4, -0.2) is 66.1 Å². The molecule has 5 rings (SSSR count). The first kappa shape index (κ1) is 27.6. The van der Waals surface area contributed by atoms with Crippen LogP contribution >= 0.6 is 11.6 Å². The molecule has 1 aromatic heterocycles. The molecule has 0 amide bonds. The van der Waals surface area contributed by atoms with Crippen LogP contribution < -0.4 is 15.2 Å². The third-order valence-electron chi connectivity index (χ3n) is 7.17. The summed E-state index contributed by atoms with van der Waals surface area (Å²) in [5, 5.41) is 4.90. The van der Waals surface area contributed by atoms with Crippen LogP contribution in [0.2, 0.25) is 5.02 Å². The molecular weight excluding hydrogens is 545 g/mol. The number of anilines is 1. The van der Waals surface area contributed by atoms with Gasteiger partial charge >= 0.3 is 5.56 Å². The molecule has 39 heavy (non-hydrogen) atoms. The van der Waals surface area contributed by atoms with Gasteiger partial charge in [0, 0.05) is 44.8 Å². The summed E-state index contributed by atoms with van der Waals surface area (Å²) in [6.45, 7) is 1.33. The van der Waals surface area contributed by atoms with E-state index in [1.165, 1.54) is 32.5 Å². The molecule has 0 atom stereocenters. The largest absolute Gasteiger partial charge is 0.483 e. The fraction of sp³-hybridized carbons (Fsp3) is 0.407. The minimum absolute atomic E-state index is 0.0477. The summed E-state index contributed by atoms with van der Waals surface area (Å²) in [7, 11) is -2.23. The van der Waals surface area contributed by atoms with Crippen molar-refractivity contribution in [2.24, 2.45) is 0 Å². The van der Waals surface area contributed by atoms with Crippen LogP contribution in [0.1, 0.15) is 31.2 Å². The van der Waals surface area contributed by atoms with Crippen molar-refractivity contribution in [3.05, 3.63) is 81.5 Å². The molecule has 2 aromatic carbocycles. The fourth-order valence-electron chi connectivity index (χ4n) is 5.02. The van der Waals surface area contributed by atoms with E-state index >= 15 is 0 Å². The summed E-state index contributed by atoms with van der Waals surface area (Å²) < 4.78 is 50.0. The number of benzene rings is 2.